The van der Waals surface area contributed by atoms with E-state index in [1.165, 1.54) is 18.4 Å². The van der Waals surface area contributed by atoms with Crippen LogP contribution in [0.2, 0.25) is 0 Å². The number of thiazole rings is 1. The van der Waals surface area contributed by atoms with E-state index in [1.807, 2.05) is 6.92 Å². The molecule has 0 bridgehead atoms. The number of rotatable bonds is 7. The molecular weight excluding hydrogens is 280 g/mol. The summed E-state index contributed by atoms with van der Waals surface area (Å²) >= 11 is 1.27. The number of anilines is 1. The number of carbonyl (C=O) groups excluding carboxylic acids is 2. The molecule has 1 aromatic rings. The van der Waals surface area contributed by atoms with Gasteiger partial charge in [-0.25, -0.2) is 4.98 Å². The Hall–Kier alpha value is -1.47. The van der Waals surface area contributed by atoms with Gasteiger partial charge in [-0.2, -0.15) is 0 Å². The highest BCUT2D eigenvalue weighted by Gasteiger charge is 2.31. The Morgan fingerprint density at radius 2 is 2.15 bits per heavy atom. The number of esters is 1. The lowest BCUT2D eigenvalue weighted by Gasteiger charge is -2.24. The molecule has 1 unspecified atom stereocenters. The second-order valence-corrected chi connectivity index (χ2v) is 5.23. The predicted octanol–water partition coefficient (Wildman–Crippen LogP) is 2.00. The van der Waals surface area contributed by atoms with Gasteiger partial charge < -0.3 is 9.47 Å². The van der Waals surface area contributed by atoms with Crippen molar-refractivity contribution in [2.45, 2.75) is 39.2 Å². The minimum atomic E-state index is -0.882. The van der Waals surface area contributed by atoms with Crippen molar-refractivity contribution in [2.75, 3.05) is 19.0 Å². The molecule has 0 aliphatic rings. The third-order valence-corrected chi connectivity index (χ3v) is 3.82. The molecule has 112 valence electrons. The Morgan fingerprint density at radius 1 is 1.45 bits per heavy atom. The Labute approximate surface area is 122 Å². The van der Waals surface area contributed by atoms with Crippen molar-refractivity contribution >= 4 is 28.3 Å². The monoisotopic (exact) mass is 300 g/mol. The molecule has 0 radical (unpaired) electrons. The first-order chi connectivity index (χ1) is 9.45. The number of carbonyl (C=O) groups is 2. The van der Waals surface area contributed by atoms with E-state index in [9.17, 15) is 9.59 Å². The van der Waals surface area contributed by atoms with Crippen LogP contribution in [-0.2, 0) is 25.5 Å². The second-order valence-electron chi connectivity index (χ2n) is 4.37. The van der Waals surface area contributed by atoms with E-state index in [4.69, 9.17) is 9.47 Å². The summed E-state index contributed by atoms with van der Waals surface area (Å²) in [6.45, 7) is 5.68. The maximum Gasteiger partial charge on any atom is 0.311 e. The molecule has 1 rings (SSSR count). The largest absolute Gasteiger partial charge is 0.466 e. The van der Waals surface area contributed by atoms with Gasteiger partial charge in [-0.05, 0) is 20.3 Å². The lowest BCUT2D eigenvalue weighted by Crippen LogP contribution is -2.41. The van der Waals surface area contributed by atoms with E-state index in [2.05, 4.69) is 10.3 Å². The molecule has 1 heterocycles. The summed E-state index contributed by atoms with van der Waals surface area (Å²) in [7, 11) is 1.50. The number of nitrogens with zero attached hydrogens (tertiary/aromatic N) is 1. The van der Waals surface area contributed by atoms with Crippen LogP contribution in [0, 0.1) is 0 Å². The number of hydrogen-bond donors (Lipinski definition) is 1. The lowest BCUT2D eigenvalue weighted by atomic mass is 10.0. The zero-order valence-corrected chi connectivity index (χ0v) is 13.0. The molecule has 1 atom stereocenters. The molecule has 0 saturated heterocycles. The molecular formula is C13H20N2O4S. The molecule has 0 aliphatic heterocycles. The fourth-order valence-electron chi connectivity index (χ4n) is 1.43. The summed E-state index contributed by atoms with van der Waals surface area (Å²) in [6.07, 6.45) is 0.659. The van der Waals surface area contributed by atoms with Crippen molar-refractivity contribution in [3.05, 3.63) is 11.1 Å². The van der Waals surface area contributed by atoms with Gasteiger partial charge in [-0.15, -0.1) is 11.3 Å². The van der Waals surface area contributed by atoms with Crippen molar-refractivity contribution in [1.29, 1.82) is 0 Å². The van der Waals surface area contributed by atoms with Gasteiger partial charge >= 0.3 is 5.97 Å². The Kier molecular flexibility index (Phi) is 6.09. The van der Waals surface area contributed by atoms with Gasteiger partial charge in [0.2, 0.25) is 0 Å². The van der Waals surface area contributed by atoms with Crippen LogP contribution in [0.15, 0.2) is 5.38 Å². The quantitative estimate of drug-likeness (QED) is 0.779. The van der Waals surface area contributed by atoms with Crippen molar-refractivity contribution in [3.63, 3.8) is 0 Å². The number of hydrogen-bond acceptors (Lipinski definition) is 6. The number of ether oxygens (including phenoxy) is 2. The Morgan fingerprint density at radius 3 is 2.70 bits per heavy atom. The molecule has 0 aliphatic carbocycles. The highest BCUT2D eigenvalue weighted by Crippen LogP contribution is 2.20. The van der Waals surface area contributed by atoms with Gasteiger partial charge in [-0.1, -0.05) is 6.92 Å². The number of amides is 1. The van der Waals surface area contributed by atoms with E-state index < -0.39 is 5.60 Å². The minimum absolute atomic E-state index is 0.107. The van der Waals surface area contributed by atoms with Gasteiger partial charge in [0.05, 0.1) is 18.7 Å². The van der Waals surface area contributed by atoms with Gasteiger partial charge in [0.25, 0.3) is 5.91 Å². The summed E-state index contributed by atoms with van der Waals surface area (Å²) in [5, 5.41) is 4.88. The van der Waals surface area contributed by atoms with Crippen LogP contribution >= 0.6 is 11.3 Å². The van der Waals surface area contributed by atoms with E-state index in [-0.39, 0.29) is 18.3 Å². The van der Waals surface area contributed by atoms with Crippen molar-refractivity contribution in [3.8, 4) is 0 Å². The molecule has 0 spiro atoms. The summed E-state index contributed by atoms with van der Waals surface area (Å²) in [5.41, 5.74) is -0.299. The molecule has 1 amide bonds. The Balaban J connectivity index is 2.64. The first-order valence-corrected chi connectivity index (χ1v) is 7.29. The molecule has 1 aromatic heterocycles. The van der Waals surface area contributed by atoms with Gasteiger partial charge in [-0.3, -0.25) is 14.9 Å². The first kappa shape index (κ1) is 16.6. The number of methoxy groups -OCH3 is 1. The average Bonchev–Trinajstić information content (AvgIpc) is 2.85. The first-order valence-electron chi connectivity index (χ1n) is 6.41. The van der Waals surface area contributed by atoms with Gasteiger partial charge in [0.15, 0.2) is 5.13 Å². The highest BCUT2D eigenvalue weighted by molar-refractivity contribution is 7.13. The normalized spacial score (nSPS) is 13.6. The van der Waals surface area contributed by atoms with Crippen LogP contribution in [0.4, 0.5) is 5.13 Å². The van der Waals surface area contributed by atoms with Gasteiger partial charge in [0, 0.05) is 12.5 Å². The molecule has 6 nitrogen and oxygen atoms in total. The molecule has 20 heavy (non-hydrogen) atoms. The predicted molar refractivity (Wildman–Crippen MR) is 76.8 cm³/mol. The number of nitrogens with one attached hydrogen (secondary N) is 1. The zero-order valence-electron chi connectivity index (χ0n) is 12.2. The fraction of sp³-hybridized carbons (Fsp3) is 0.615. The SMILES string of the molecule is CCOC(=O)Cc1csc(NC(=O)C(C)(CC)OC)n1. The van der Waals surface area contributed by atoms with Crippen LogP contribution in [-0.4, -0.2) is 36.2 Å². The summed E-state index contributed by atoms with van der Waals surface area (Å²) in [4.78, 5) is 27.6. The fourth-order valence-corrected chi connectivity index (χ4v) is 2.14. The van der Waals surface area contributed by atoms with Gasteiger partial charge in [0.1, 0.15) is 5.60 Å². The number of aromatic nitrogens is 1. The van der Waals surface area contributed by atoms with Crippen LogP contribution in [0.25, 0.3) is 0 Å². The highest BCUT2D eigenvalue weighted by atomic mass is 32.1. The Bertz CT molecular complexity index is 469. The van der Waals surface area contributed by atoms with E-state index in [0.29, 0.717) is 23.9 Å². The summed E-state index contributed by atoms with van der Waals surface area (Å²) in [5.74, 6) is -0.578. The standard InChI is InChI=1S/C13H20N2O4S/c1-5-13(3,18-4)11(17)15-12-14-9(8-20-12)7-10(16)19-6-2/h8H,5-7H2,1-4H3,(H,14,15,17). The van der Waals surface area contributed by atoms with E-state index in [0.717, 1.165) is 0 Å². The zero-order chi connectivity index (χ0) is 15.2. The maximum atomic E-state index is 12.1. The molecule has 0 aromatic carbocycles. The topological polar surface area (TPSA) is 77.5 Å². The van der Waals surface area contributed by atoms with Crippen molar-refractivity contribution < 1.29 is 19.1 Å². The maximum absolute atomic E-state index is 12.1. The van der Waals surface area contributed by atoms with Crippen LogP contribution < -0.4 is 5.32 Å². The third-order valence-electron chi connectivity index (χ3n) is 3.01. The van der Waals surface area contributed by atoms with Crippen LogP contribution in [0.3, 0.4) is 0 Å². The molecule has 1 N–H and O–H groups in total. The average molecular weight is 300 g/mol. The third kappa shape index (κ3) is 4.28. The molecule has 7 heteroatoms. The van der Waals surface area contributed by atoms with Crippen molar-refractivity contribution in [1.82, 2.24) is 4.98 Å². The van der Waals surface area contributed by atoms with E-state index in [1.54, 1.807) is 19.2 Å². The van der Waals surface area contributed by atoms with Crippen molar-refractivity contribution in [2.24, 2.45) is 0 Å². The lowest BCUT2D eigenvalue weighted by molar-refractivity contribution is -0.142. The smallest absolute Gasteiger partial charge is 0.311 e. The molecule has 0 saturated carbocycles. The summed E-state index contributed by atoms with van der Waals surface area (Å²) < 4.78 is 10.1. The molecule has 0 fully saturated rings. The minimum Gasteiger partial charge on any atom is -0.466 e. The van der Waals surface area contributed by atoms with Crippen LogP contribution in [0.5, 0.6) is 0 Å². The van der Waals surface area contributed by atoms with E-state index >= 15 is 0 Å². The second kappa shape index (κ2) is 7.35. The summed E-state index contributed by atoms with van der Waals surface area (Å²) in [6, 6.07) is 0. The van der Waals surface area contributed by atoms with Crippen LogP contribution in [0.1, 0.15) is 32.9 Å².